The number of hydrogen-bond donors (Lipinski definition) is 3. The van der Waals surface area contributed by atoms with Gasteiger partial charge in [0.15, 0.2) is 5.69 Å². The van der Waals surface area contributed by atoms with Gasteiger partial charge < -0.3 is 10.4 Å². The van der Waals surface area contributed by atoms with Crippen LogP contribution in [0.3, 0.4) is 0 Å². The highest BCUT2D eigenvalue weighted by atomic mass is 16.3. The maximum atomic E-state index is 12.9. The molecule has 2 aromatic carbocycles. The first-order valence-corrected chi connectivity index (χ1v) is 10.4. The number of benzene rings is 2. The Morgan fingerprint density at radius 3 is 2.74 bits per heavy atom. The van der Waals surface area contributed by atoms with Crippen molar-refractivity contribution in [1.82, 2.24) is 24.9 Å². The van der Waals surface area contributed by atoms with Gasteiger partial charge in [0, 0.05) is 30.7 Å². The third-order valence-corrected chi connectivity index (χ3v) is 5.73. The van der Waals surface area contributed by atoms with E-state index in [1.807, 2.05) is 37.5 Å². The molecular weight excluding hydrogens is 392 g/mol. The zero-order chi connectivity index (χ0) is 21.4. The molecule has 1 amide bonds. The van der Waals surface area contributed by atoms with Gasteiger partial charge in [-0.3, -0.25) is 19.5 Å². The third-order valence-electron chi connectivity index (χ3n) is 5.73. The summed E-state index contributed by atoms with van der Waals surface area (Å²) in [7, 11) is 1.86. The predicted molar refractivity (Wildman–Crippen MR) is 119 cm³/mol. The summed E-state index contributed by atoms with van der Waals surface area (Å²) in [4.78, 5) is 15.3. The maximum Gasteiger partial charge on any atom is 0.276 e. The zero-order valence-electron chi connectivity index (χ0n) is 17.3. The topological polar surface area (TPSA) is 99.1 Å². The largest absolute Gasteiger partial charge is 0.506 e. The molecule has 0 spiro atoms. The Morgan fingerprint density at radius 1 is 1.16 bits per heavy atom. The van der Waals surface area contributed by atoms with Crippen LogP contribution in [0.2, 0.25) is 0 Å². The highest BCUT2D eigenvalue weighted by Gasteiger charge is 2.18. The van der Waals surface area contributed by atoms with E-state index in [1.165, 1.54) is 12.8 Å². The highest BCUT2D eigenvalue weighted by Crippen LogP contribution is 2.28. The molecule has 1 aliphatic heterocycles. The molecule has 158 valence electrons. The van der Waals surface area contributed by atoms with Gasteiger partial charge in [-0.2, -0.15) is 10.2 Å². The summed E-state index contributed by atoms with van der Waals surface area (Å²) in [5, 5.41) is 25.3. The van der Waals surface area contributed by atoms with E-state index in [9.17, 15) is 9.90 Å². The molecule has 31 heavy (non-hydrogen) atoms. The van der Waals surface area contributed by atoms with Gasteiger partial charge in [-0.25, -0.2) is 0 Å². The van der Waals surface area contributed by atoms with Gasteiger partial charge in [0.05, 0.1) is 17.4 Å². The molecule has 5 rings (SSSR count). The first kappa shape index (κ1) is 19.3. The quantitative estimate of drug-likeness (QED) is 0.433. The number of aromatic nitrogens is 4. The Balaban J connectivity index is 1.37. The molecule has 0 unspecified atom stereocenters. The summed E-state index contributed by atoms with van der Waals surface area (Å²) in [6.07, 6.45) is 6.14. The van der Waals surface area contributed by atoms with Crippen molar-refractivity contribution in [2.24, 2.45) is 7.05 Å². The maximum absolute atomic E-state index is 12.9. The number of aryl methyl sites for hydroxylation is 1. The van der Waals surface area contributed by atoms with Crippen LogP contribution >= 0.6 is 0 Å². The second-order valence-corrected chi connectivity index (χ2v) is 8.02. The fourth-order valence-electron chi connectivity index (χ4n) is 4.10. The number of amides is 1. The Bertz CT molecular complexity index is 1250. The number of anilines is 1. The van der Waals surface area contributed by atoms with Crippen LogP contribution in [-0.2, 0) is 13.6 Å². The number of phenolic OH excluding ortho intramolecular Hbond substituents is 1. The van der Waals surface area contributed by atoms with Gasteiger partial charge in [0.1, 0.15) is 5.75 Å². The van der Waals surface area contributed by atoms with Crippen molar-refractivity contribution in [3.63, 3.8) is 0 Å². The van der Waals surface area contributed by atoms with Gasteiger partial charge in [0.2, 0.25) is 0 Å². The van der Waals surface area contributed by atoms with Crippen molar-refractivity contribution in [3.05, 3.63) is 60.0 Å². The minimum absolute atomic E-state index is 0.0564. The van der Waals surface area contributed by atoms with E-state index in [0.29, 0.717) is 11.1 Å². The average molecular weight is 416 g/mol. The normalized spacial score (nSPS) is 14.4. The first-order chi connectivity index (χ1) is 15.1. The van der Waals surface area contributed by atoms with E-state index in [-0.39, 0.29) is 17.4 Å². The zero-order valence-corrected chi connectivity index (χ0v) is 17.3. The van der Waals surface area contributed by atoms with Crippen LogP contribution in [-0.4, -0.2) is 49.0 Å². The van der Waals surface area contributed by atoms with E-state index in [2.05, 4.69) is 25.5 Å². The van der Waals surface area contributed by atoms with E-state index in [4.69, 9.17) is 0 Å². The number of H-pyrrole nitrogens is 1. The van der Waals surface area contributed by atoms with Crippen molar-refractivity contribution < 1.29 is 9.90 Å². The van der Waals surface area contributed by atoms with Crippen LogP contribution in [0, 0.1) is 0 Å². The molecule has 0 bridgehead atoms. The SMILES string of the molecule is Cn1cc(-c2ccc3[nH]nc(C(=O)Nc4ccc(CN5CCCC5)cc4O)c3c2)cn1. The molecule has 0 saturated carbocycles. The van der Waals surface area contributed by atoms with Crippen molar-refractivity contribution in [2.45, 2.75) is 19.4 Å². The second kappa shape index (κ2) is 7.88. The smallest absolute Gasteiger partial charge is 0.276 e. The number of aromatic amines is 1. The Kier molecular flexibility index (Phi) is 4.91. The van der Waals surface area contributed by atoms with Gasteiger partial charge >= 0.3 is 0 Å². The van der Waals surface area contributed by atoms with Crippen molar-refractivity contribution in [2.75, 3.05) is 18.4 Å². The number of carbonyl (C=O) groups excluding carboxylic acids is 1. The average Bonchev–Trinajstić information content (AvgIpc) is 3.50. The minimum Gasteiger partial charge on any atom is -0.506 e. The lowest BCUT2D eigenvalue weighted by atomic mass is 10.1. The molecule has 1 saturated heterocycles. The van der Waals surface area contributed by atoms with Crippen LogP contribution < -0.4 is 5.32 Å². The number of rotatable bonds is 5. The van der Waals surface area contributed by atoms with Crippen LogP contribution in [0.15, 0.2) is 48.8 Å². The first-order valence-electron chi connectivity index (χ1n) is 10.4. The standard InChI is InChI=1S/C23H24N6O2/c1-28-14-17(12-24-28)16-5-7-19-18(11-16)22(27-26-19)23(31)25-20-6-4-15(10-21(20)30)13-29-8-2-3-9-29/h4-7,10-12,14,30H,2-3,8-9,13H2,1H3,(H,25,31)(H,26,27). The van der Waals surface area contributed by atoms with Crippen LogP contribution in [0.5, 0.6) is 5.75 Å². The number of likely N-dealkylation sites (tertiary alicyclic amines) is 1. The van der Waals surface area contributed by atoms with Crippen LogP contribution in [0.4, 0.5) is 5.69 Å². The van der Waals surface area contributed by atoms with E-state index in [0.717, 1.165) is 41.8 Å². The van der Waals surface area contributed by atoms with Gasteiger partial charge in [-0.05, 0) is 61.3 Å². The molecule has 1 fully saturated rings. The number of hydrogen-bond acceptors (Lipinski definition) is 5. The minimum atomic E-state index is -0.378. The summed E-state index contributed by atoms with van der Waals surface area (Å²) >= 11 is 0. The van der Waals surface area contributed by atoms with Crippen LogP contribution in [0.1, 0.15) is 28.9 Å². The molecule has 8 nitrogen and oxygen atoms in total. The number of aromatic hydroxyl groups is 1. The fraction of sp³-hybridized carbons (Fsp3) is 0.261. The lowest BCUT2D eigenvalue weighted by Crippen LogP contribution is -2.18. The Hall–Kier alpha value is -3.65. The monoisotopic (exact) mass is 416 g/mol. The molecule has 4 aromatic rings. The molecule has 0 atom stereocenters. The number of fused-ring (bicyclic) bond motifs is 1. The van der Waals surface area contributed by atoms with Gasteiger partial charge in [-0.15, -0.1) is 0 Å². The lowest BCUT2D eigenvalue weighted by molar-refractivity contribution is 0.102. The number of phenols is 1. The van der Waals surface area contributed by atoms with Crippen LogP contribution in [0.25, 0.3) is 22.0 Å². The fourth-order valence-corrected chi connectivity index (χ4v) is 4.10. The molecule has 2 aromatic heterocycles. The summed E-state index contributed by atoms with van der Waals surface area (Å²) in [6, 6.07) is 11.2. The number of carbonyl (C=O) groups is 1. The summed E-state index contributed by atoms with van der Waals surface area (Å²) < 4.78 is 1.73. The highest BCUT2D eigenvalue weighted by molar-refractivity contribution is 6.12. The molecule has 3 N–H and O–H groups in total. The molecule has 8 heteroatoms. The van der Waals surface area contributed by atoms with Gasteiger partial charge in [0.25, 0.3) is 5.91 Å². The van der Waals surface area contributed by atoms with E-state index < -0.39 is 0 Å². The van der Waals surface area contributed by atoms with E-state index >= 15 is 0 Å². The van der Waals surface area contributed by atoms with Gasteiger partial charge in [-0.1, -0.05) is 12.1 Å². The Morgan fingerprint density at radius 2 is 2.00 bits per heavy atom. The Labute approximate surface area is 179 Å². The molecule has 0 aliphatic carbocycles. The van der Waals surface area contributed by atoms with Crippen molar-refractivity contribution in [3.8, 4) is 16.9 Å². The molecule has 0 radical (unpaired) electrons. The second-order valence-electron chi connectivity index (χ2n) is 8.02. The molecule has 3 heterocycles. The third kappa shape index (κ3) is 3.89. The lowest BCUT2D eigenvalue weighted by Gasteiger charge is -2.15. The van der Waals surface area contributed by atoms with Crippen molar-refractivity contribution >= 4 is 22.5 Å². The summed E-state index contributed by atoms with van der Waals surface area (Å²) in [5.74, 6) is -0.321. The number of nitrogens with one attached hydrogen (secondary N) is 2. The predicted octanol–water partition coefficient (Wildman–Crippen LogP) is 3.52. The van der Waals surface area contributed by atoms with E-state index in [1.54, 1.807) is 23.0 Å². The summed E-state index contributed by atoms with van der Waals surface area (Å²) in [6.45, 7) is 2.99. The molecule has 1 aliphatic rings. The number of nitrogens with zero attached hydrogens (tertiary/aromatic N) is 4. The molecular formula is C23H24N6O2. The van der Waals surface area contributed by atoms with Crippen molar-refractivity contribution in [1.29, 1.82) is 0 Å². The summed E-state index contributed by atoms with van der Waals surface area (Å²) in [5.41, 5.74) is 4.36.